The predicted molar refractivity (Wildman–Crippen MR) is 97.4 cm³/mol. The topological polar surface area (TPSA) is 32.3 Å². The molecular formula is C20H38N2O. The molecule has 1 aliphatic carbocycles. The zero-order valence-corrected chi connectivity index (χ0v) is 15.7. The van der Waals surface area contributed by atoms with E-state index in [1.807, 2.05) is 0 Å². The van der Waals surface area contributed by atoms with Gasteiger partial charge in [0.25, 0.3) is 0 Å². The number of carbonyl (C=O) groups is 1. The van der Waals surface area contributed by atoms with Crippen molar-refractivity contribution in [3.05, 3.63) is 0 Å². The van der Waals surface area contributed by atoms with Gasteiger partial charge in [-0.2, -0.15) is 0 Å². The summed E-state index contributed by atoms with van der Waals surface area (Å²) in [6.07, 6.45) is 11.4. The number of nitrogens with one attached hydrogen (secondary N) is 1. The summed E-state index contributed by atoms with van der Waals surface area (Å²) in [6, 6.07) is 0.508. The minimum Gasteiger partial charge on any atom is -0.341 e. The molecule has 2 atom stereocenters. The van der Waals surface area contributed by atoms with Gasteiger partial charge >= 0.3 is 0 Å². The van der Waals surface area contributed by atoms with Crippen LogP contribution in [0.25, 0.3) is 0 Å². The van der Waals surface area contributed by atoms with Gasteiger partial charge in [0, 0.05) is 25.0 Å². The molecule has 1 aliphatic heterocycles. The molecule has 0 spiro atoms. The molecule has 0 aromatic rings. The van der Waals surface area contributed by atoms with E-state index in [-0.39, 0.29) is 5.92 Å². The fourth-order valence-electron chi connectivity index (χ4n) is 4.45. The van der Waals surface area contributed by atoms with Gasteiger partial charge in [0.2, 0.25) is 5.91 Å². The summed E-state index contributed by atoms with van der Waals surface area (Å²) in [7, 11) is 0. The first-order valence-corrected chi connectivity index (χ1v) is 10.2. The van der Waals surface area contributed by atoms with Crippen LogP contribution in [0.15, 0.2) is 0 Å². The number of likely N-dealkylation sites (tertiary alicyclic amines) is 1. The Morgan fingerprint density at radius 2 is 1.74 bits per heavy atom. The third kappa shape index (κ3) is 5.48. The molecule has 0 aromatic heterocycles. The number of nitrogens with zero attached hydrogens (tertiary/aromatic N) is 1. The van der Waals surface area contributed by atoms with E-state index in [1.165, 1.54) is 44.9 Å². The Kier molecular flexibility index (Phi) is 7.88. The number of amides is 1. The zero-order valence-electron chi connectivity index (χ0n) is 15.7. The maximum absolute atomic E-state index is 12.8. The first-order valence-electron chi connectivity index (χ1n) is 10.2. The van der Waals surface area contributed by atoms with E-state index in [9.17, 15) is 4.79 Å². The average molecular weight is 323 g/mol. The lowest BCUT2D eigenvalue weighted by Crippen LogP contribution is -2.53. The lowest BCUT2D eigenvalue weighted by atomic mass is 9.87. The third-order valence-corrected chi connectivity index (χ3v) is 6.18. The van der Waals surface area contributed by atoms with Crippen molar-refractivity contribution in [2.24, 2.45) is 17.8 Å². The number of rotatable bonds is 7. The molecule has 0 aromatic carbocycles. The fourth-order valence-corrected chi connectivity index (χ4v) is 4.45. The first-order chi connectivity index (χ1) is 11.2. The molecule has 1 saturated carbocycles. The molecule has 23 heavy (non-hydrogen) atoms. The van der Waals surface area contributed by atoms with Crippen molar-refractivity contribution in [2.45, 2.75) is 84.6 Å². The van der Waals surface area contributed by atoms with Crippen LogP contribution < -0.4 is 5.32 Å². The highest BCUT2D eigenvalue weighted by atomic mass is 16.2. The van der Waals surface area contributed by atoms with Crippen molar-refractivity contribution in [2.75, 3.05) is 19.6 Å². The summed E-state index contributed by atoms with van der Waals surface area (Å²) >= 11 is 0. The van der Waals surface area contributed by atoms with Crippen LogP contribution in [0, 0.1) is 17.8 Å². The summed E-state index contributed by atoms with van der Waals surface area (Å²) in [5.41, 5.74) is 0. The van der Waals surface area contributed by atoms with Crippen molar-refractivity contribution in [3.8, 4) is 0 Å². The van der Waals surface area contributed by atoms with Crippen molar-refractivity contribution >= 4 is 5.91 Å². The van der Waals surface area contributed by atoms with E-state index in [1.54, 1.807) is 0 Å². The molecule has 2 rings (SSSR count). The number of hydrogen-bond donors (Lipinski definition) is 1. The van der Waals surface area contributed by atoms with Crippen LogP contribution in [0.4, 0.5) is 0 Å². The SMILES string of the molecule is CCC1CC(NCC2CCCCC2)CN(C(=O)C(CC)CC)C1. The van der Waals surface area contributed by atoms with Crippen LogP contribution in [0.1, 0.15) is 78.6 Å². The Bertz CT molecular complexity index is 348. The highest BCUT2D eigenvalue weighted by Gasteiger charge is 2.31. The molecule has 1 amide bonds. The van der Waals surface area contributed by atoms with Gasteiger partial charge in [0.15, 0.2) is 0 Å². The molecule has 0 bridgehead atoms. The van der Waals surface area contributed by atoms with Gasteiger partial charge in [0.1, 0.15) is 0 Å². The minimum absolute atomic E-state index is 0.226. The Morgan fingerprint density at radius 1 is 1.04 bits per heavy atom. The Hall–Kier alpha value is -0.570. The van der Waals surface area contributed by atoms with Crippen LogP contribution in [0.2, 0.25) is 0 Å². The van der Waals surface area contributed by atoms with Gasteiger partial charge < -0.3 is 10.2 Å². The lowest BCUT2D eigenvalue weighted by molar-refractivity contribution is -0.138. The Morgan fingerprint density at radius 3 is 2.35 bits per heavy atom. The quantitative estimate of drug-likeness (QED) is 0.761. The summed E-state index contributed by atoms with van der Waals surface area (Å²) in [5.74, 6) is 2.17. The Balaban J connectivity index is 1.87. The Labute approximate surface area is 143 Å². The second kappa shape index (κ2) is 9.66. The van der Waals surface area contributed by atoms with Gasteiger partial charge in [-0.05, 0) is 50.5 Å². The average Bonchev–Trinajstić information content (AvgIpc) is 2.61. The lowest BCUT2D eigenvalue weighted by Gasteiger charge is -2.40. The highest BCUT2D eigenvalue weighted by molar-refractivity contribution is 5.78. The first kappa shape index (κ1) is 18.8. The molecule has 2 unspecified atom stereocenters. The van der Waals surface area contributed by atoms with Crippen LogP contribution in [-0.2, 0) is 4.79 Å². The maximum atomic E-state index is 12.8. The number of carbonyl (C=O) groups excluding carboxylic acids is 1. The molecule has 3 heteroatoms. The molecule has 2 aliphatic rings. The smallest absolute Gasteiger partial charge is 0.225 e. The summed E-state index contributed by atoms with van der Waals surface area (Å²) in [4.78, 5) is 14.9. The second-order valence-electron chi connectivity index (χ2n) is 7.88. The minimum atomic E-state index is 0.226. The van der Waals surface area contributed by atoms with Gasteiger partial charge in [-0.25, -0.2) is 0 Å². The molecular weight excluding hydrogens is 284 g/mol. The summed E-state index contributed by atoms with van der Waals surface area (Å²) in [5, 5.41) is 3.82. The maximum Gasteiger partial charge on any atom is 0.225 e. The van der Waals surface area contributed by atoms with E-state index < -0.39 is 0 Å². The van der Waals surface area contributed by atoms with Crippen LogP contribution in [0.3, 0.4) is 0 Å². The molecule has 134 valence electrons. The third-order valence-electron chi connectivity index (χ3n) is 6.18. The predicted octanol–water partition coefficient (Wildman–Crippen LogP) is 4.22. The zero-order chi connectivity index (χ0) is 16.7. The standard InChI is InChI=1S/C20H38N2O/c1-4-16-12-19(21-13-17-10-8-7-9-11-17)15-22(14-16)20(23)18(5-2)6-3/h16-19,21H,4-15H2,1-3H3. The van der Waals surface area contributed by atoms with Gasteiger partial charge in [-0.3, -0.25) is 4.79 Å². The van der Waals surface area contributed by atoms with Gasteiger partial charge in [0.05, 0.1) is 0 Å². The summed E-state index contributed by atoms with van der Waals surface area (Å²) < 4.78 is 0. The van der Waals surface area contributed by atoms with Crippen molar-refractivity contribution < 1.29 is 4.79 Å². The van der Waals surface area contributed by atoms with Gasteiger partial charge in [-0.1, -0.05) is 46.5 Å². The summed E-state index contributed by atoms with van der Waals surface area (Å²) in [6.45, 7) is 9.63. The van der Waals surface area contributed by atoms with Crippen molar-refractivity contribution in [3.63, 3.8) is 0 Å². The molecule has 1 saturated heterocycles. The second-order valence-corrected chi connectivity index (χ2v) is 7.88. The van der Waals surface area contributed by atoms with E-state index in [0.29, 0.717) is 17.9 Å². The van der Waals surface area contributed by atoms with Crippen LogP contribution in [0.5, 0.6) is 0 Å². The van der Waals surface area contributed by atoms with Gasteiger partial charge in [-0.15, -0.1) is 0 Å². The number of hydrogen-bond acceptors (Lipinski definition) is 2. The molecule has 1 N–H and O–H groups in total. The highest BCUT2D eigenvalue weighted by Crippen LogP contribution is 2.25. The fraction of sp³-hybridized carbons (Fsp3) is 0.950. The van der Waals surface area contributed by atoms with Crippen molar-refractivity contribution in [1.82, 2.24) is 10.2 Å². The van der Waals surface area contributed by atoms with E-state index >= 15 is 0 Å². The number of piperidine rings is 1. The molecule has 0 radical (unpaired) electrons. The largest absolute Gasteiger partial charge is 0.341 e. The normalized spacial score (nSPS) is 26.7. The monoisotopic (exact) mass is 322 g/mol. The molecule has 1 heterocycles. The van der Waals surface area contributed by atoms with E-state index in [2.05, 4.69) is 31.0 Å². The molecule has 3 nitrogen and oxygen atoms in total. The molecule has 2 fully saturated rings. The van der Waals surface area contributed by atoms with Crippen molar-refractivity contribution in [1.29, 1.82) is 0 Å². The van der Waals surface area contributed by atoms with Crippen LogP contribution >= 0.6 is 0 Å². The van der Waals surface area contributed by atoms with Crippen LogP contribution in [-0.4, -0.2) is 36.5 Å². The van der Waals surface area contributed by atoms with E-state index in [4.69, 9.17) is 0 Å². The van der Waals surface area contributed by atoms with E-state index in [0.717, 1.165) is 38.4 Å².